The van der Waals surface area contributed by atoms with E-state index in [-0.39, 0.29) is 11.9 Å². The Balaban J connectivity index is 1.68. The fourth-order valence-corrected chi connectivity index (χ4v) is 3.31. The third-order valence-electron chi connectivity index (χ3n) is 5.22. The summed E-state index contributed by atoms with van der Waals surface area (Å²) in [4.78, 5) is 14.8. The van der Waals surface area contributed by atoms with E-state index in [0.717, 1.165) is 22.4 Å². The lowest BCUT2D eigenvalue weighted by molar-refractivity contribution is -0.120. The number of methoxy groups -OCH3 is 1. The molecule has 0 aliphatic heterocycles. The average molecular weight is 377 g/mol. The highest BCUT2D eigenvalue weighted by atomic mass is 16.5. The first kappa shape index (κ1) is 19.9. The van der Waals surface area contributed by atoms with E-state index >= 15 is 0 Å². The molecule has 4 nitrogen and oxygen atoms in total. The summed E-state index contributed by atoms with van der Waals surface area (Å²) >= 11 is 0. The second kappa shape index (κ2) is 8.44. The predicted molar refractivity (Wildman–Crippen MR) is 116 cm³/mol. The van der Waals surface area contributed by atoms with Gasteiger partial charge in [0.1, 0.15) is 5.75 Å². The van der Waals surface area contributed by atoms with Gasteiger partial charge in [0.05, 0.1) is 13.2 Å². The molecule has 0 heterocycles. The number of carbonyl (C=O) groups is 1. The Morgan fingerprint density at radius 2 is 1.75 bits per heavy atom. The number of likely N-dealkylation sites (N-methyl/N-ethyl adjacent to an activating group) is 1. The van der Waals surface area contributed by atoms with Crippen LogP contribution in [-0.2, 0) is 11.3 Å². The normalized spacial score (nSPS) is 12.2. The average Bonchev–Trinajstić information content (AvgIpc) is 2.68. The number of amides is 1. The summed E-state index contributed by atoms with van der Waals surface area (Å²) in [7, 11) is 3.65. The molecule has 1 unspecified atom stereocenters. The van der Waals surface area contributed by atoms with Crippen LogP contribution in [0.25, 0.3) is 10.8 Å². The summed E-state index contributed by atoms with van der Waals surface area (Å²) < 4.78 is 5.29. The van der Waals surface area contributed by atoms with Crippen LogP contribution < -0.4 is 10.1 Å². The van der Waals surface area contributed by atoms with E-state index in [1.807, 2.05) is 45.2 Å². The van der Waals surface area contributed by atoms with Gasteiger partial charge in [-0.15, -0.1) is 0 Å². The second-order valence-electron chi connectivity index (χ2n) is 7.45. The van der Waals surface area contributed by atoms with Gasteiger partial charge in [0, 0.05) is 12.2 Å². The van der Waals surface area contributed by atoms with Crippen molar-refractivity contribution in [2.24, 2.45) is 0 Å². The van der Waals surface area contributed by atoms with E-state index in [9.17, 15) is 4.79 Å². The maximum absolute atomic E-state index is 12.7. The lowest BCUT2D eigenvalue weighted by Crippen LogP contribution is -2.39. The summed E-state index contributed by atoms with van der Waals surface area (Å²) in [6, 6.07) is 18.2. The molecule has 0 saturated carbocycles. The van der Waals surface area contributed by atoms with Gasteiger partial charge in [0.15, 0.2) is 0 Å². The van der Waals surface area contributed by atoms with Gasteiger partial charge < -0.3 is 10.1 Å². The number of benzene rings is 3. The fraction of sp³-hybridized carbons (Fsp3) is 0.292. The van der Waals surface area contributed by atoms with Gasteiger partial charge in [-0.3, -0.25) is 9.69 Å². The maximum Gasteiger partial charge on any atom is 0.241 e. The Morgan fingerprint density at radius 1 is 1.04 bits per heavy atom. The zero-order chi connectivity index (χ0) is 20.3. The number of rotatable bonds is 6. The Kier molecular flexibility index (Phi) is 6.00. The first-order valence-electron chi connectivity index (χ1n) is 9.52. The van der Waals surface area contributed by atoms with Gasteiger partial charge in [0.25, 0.3) is 0 Å². The lowest BCUT2D eigenvalue weighted by Gasteiger charge is -2.24. The summed E-state index contributed by atoms with van der Waals surface area (Å²) in [5.41, 5.74) is 4.31. The smallest absolute Gasteiger partial charge is 0.241 e. The zero-order valence-corrected chi connectivity index (χ0v) is 17.2. The van der Waals surface area contributed by atoms with E-state index in [1.54, 1.807) is 7.11 Å². The Bertz CT molecular complexity index is 997. The molecule has 1 atom stereocenters. The van der Waals surface area contributed by atoms with Gasteiger partial charge in [0.2, 0.25) is 5.91 Å². The quantitative estimate of drug-likeness (QED) is 0.664. The van der Waals surface area contributed by atoms with E-state index in [4.69, 9.17) is 4.74 Å². The molecular weight excluding hydrogens is 348 g/mol. The number of anilines is 1. The second-order valence-corrected chi connectivity index (χ2v) is 7.45. The molecule has 3 rings (SSSR count). The van der Waals surface area contributed by atoms with Crippen LogP contribution >= 0.6 is 0 Å². The number of carbonyl (C=O) groups excluding carboxylic acids is 1. The molecule has 0 spiro atoms. The molecule has 0 saturated heterocycles. The molecule has 0 aromatic heterocycles. The van der Waals surface area contributed by atoms with Crippen LogP contribution in [-0.4, -0.2) is 31.0 Å². The van der Waals surface area contributed by atoms with Crippen molar-refractivity contribution in [3.8, 4) is 5.75 Å². The van der Waals surface area contributed by atoms with Crippen LogP contribution in [0.4, 0.5) is 5.69 Å². The molecule has 0 aliphatic carbocycles. The summed E-state index contributed by atoms with van der Waals surface area (Å²) in [6.45, 7) is 6.70. The molecule has 4 heteroatoms. The highest BCUT2D eigenvalue weighted by Crippen LogP contribution is 2.23. The van der Waals surface area contributed by atoms with Crippen LogP contribution in [0.15, 0.2) is 54.6 Å². The van der Waals surface area contributed by atoms with Gasteiger partial charge in [-0.25, -0.2) is 0 Å². The van der Waals surface area contributed by atoms with Crippen molar-refractivity contribution in [2.45, 2.75) is 33.4 Å². The van der Waals surface area contributed by atoms with Gasteiger partial charge >= 0.3 is 0 Å². The minimum Gasteiger partial charge on any atom is -0.497 e. The minimum absolute atomic E-state index is 0.0000198. The first-order chi connectivity index (χ1) is 13.4. The van der Waals surface area contributed by atoms with Gasteiger partial charge in [-0.05, 0) is 74.0 Å². The van der Waals surface area contributed by atoms with E-state index < -0.39 is 0 Å². The van der Waals surface area contributed by atoms with Crippen LogP contribution in [0.3, 0.4) is 0 Å². The fourth-order valence-electron chi connectivity index (χ4n) is 3.31. The SMILES string of the molecule is COc1ccc2cc(CN(C)C(C)C(=O)Nc3ccc(C)cc3C)ccc2c1. The molecule has 0 bridgehead atoms. The molecule has 0 fully saturated rings. The predicted octanol–water partition coefficient (Wildman–Crippen LogP) is 4.92. The molecule has 28 heavy (non-hydrogen) atoms. The molecule has 1 N–H and O–H groups in total. The van der Waals surface area contributed by atoms with Crippen molar-refractivity contribution in [1.29, 1.82) is 0 Å². The van der Waals surface area contributed by atoms with Crippen molar-refractivity contribution in [2.75, 3.05) is 19.5 Å². The number of nitrogens with zero attached hydrogens (tertiary/aromatic N) is 1. The van der Waals surface area contributed by atoms with Crippen LogP contribution in [0.1, 0.15) is 23.6 Å². The number of aryl methyl sites for hydroxylation is 2. The molecule has 0 aliphatic rings. The highest BCUT2D eigenvalue weighted by molar-refractivity contribution is 5.95. The monoisotopic (exact) mass is 376 g/mol. The van der Waals surface area contributed by atoms with Crippen LogP contribution in [0.2, 0.25) is 0 Å². The van der Waals surface area contributed by atoms with Crippen LogP contribution in [0, 0.1) is 13.8 Å². The maximum atomic E-state index is 12.7. The number of nitrogens with one attached hydrogen (secondary N) is 1. The molecular formula is C24H28N2O2. The topological polar surface area (TPSA) is 41.6 Å². The number of fused-ring (bicyclic) bond motifs is 1. The Hall–Kier alpha value is -2.85. The molecule has 3 aromatic carbocycles. The number of hydrogen-bond acceptors (Lipinski definition) is 3. The molecule has 0 radical (unpaired) electrons. The highest BCUT2D eigenvalue weighted by Gasteiger charge is 2.19. The van der Waals surface area contributed by atoms with Gasteiger partial charge in [-0.1, -0.05) is 35.9 Å². The van der Waals surface area contributed by atoms with Crippen molar-refractivity contribution in [3.63, 3.8) is 0 Å². The lowest BCUT2D eigenvalue weighted by atomic mass is 10.1. The number of ether oxygens (including phenoxy) is 1. The standard InChI is InChI=1S/C24H28N2O2/c1-16-6-11-23(17(2)12-16)25-24(27)18(3)26(4)15-19-7-8-21-14-22(28-5)10-9-20(21)13-19/h6-14,18H,15H2,1-5H3,(H,25,27). The van der Waals surface area contributed by atoms with Crippen molar-refractivity contribution in [3.05, 3.63) is 71.3 Å². The van der Waals surface area contributed by atoms with Crippen molar-refractivity contribution < 1.29 is 9.53 Å². The molecule has 1 amide bonds. The summed E-state index contributed by atoms with van der Waals surface area (Å²) in [5.74, 6) is 0.856. The van der Waals surface area contributed by atoms with Crippen molar-refractivity contribution >= 4 is 22.4 Å². The third kappa shape index (κ3) is 4.52. The summed E-state index contributed by atoms with van der Waals surface area (Å²) in [6.07, 6.45) is 0. The van der Waals surface area contributed by atoms with E-state index in [2.05, 4.69) is 47.5 Å². The first-order valence-corrected chi connectivity index (χ1v) is 9.52. The van der Waals surface area contributed by atoms with E-state index in [0.29, 0.717) is 6.54 Å². The summed E-state index contributed by atoms with van der Waals surface area (Å²) in [5, 5.41) is 5.36. The van der Waals surface area contributed by atoms with E-state index in [1.165, 1.54) is 16.5 Å². The minimum atomic E-state index is -0.243. The van der Waals surface area contributed by atoms with Crippen LogP contribution in [0.5, 0.6) is 5.75 Å². The molecule has 146 valence electrons. The Labute approximate surface area is 167 Å². The largest absolute Gasteiger partial charge is 0.497 e. The third-order valence-corrected chi connectivity index (χ3v) is 5.22. The van der Waals surface area contributed by atoms with Gasteiger partial charge in [-0.2, -0.15) is 0 Å². The molecule has 3 aromatic rings. The van der Waals surface area contributed by atoms with Crippen molar-refractivity contribution in [1.82, 2.24) is 4.90 Å². The Morgan fingerprint density at radius 3 is 2.46 bits per heavy atom. The zero-order valence-electron chi connectivity index (χ0n) is 17.2. The number of hydrogen-bond donors (Lipinski definition) is 1.